The van der Waals surface area contributed by atoms with E-state index in [0.29, 0.717) is 11.4 Å². The van der Waals surface area contributed by atoms with Crippen molar-refractivity contribution < 1.29 is 19.1 Å². The summed E-state index contributed by atoms with van der Waals surface area (Å²) < 4.78 is 10.4. The van der Waals surface area contributed by atoms with Crippen LogP contribution in [0.1, 0.15) is 22.3 Å². The van der Waals surface area contributed by atoms with Crippen molar-refractivity contribution in [1.82, 2.24) is 0 Å². The van der Waals surface area contributed by atoms with Crippen LogP contribution in [-0.2, 0) is 14.3 Å². The van der Waals surface area contributed by atoms with Crippen LogP contribution in [0.5, 0.6) is 5.75 Å². The molecule has 0 fully saturated rings. The van der Waals surface area contributed by atoms with E-state index in [-0.39, 0.29) is 19.1 Å². The Labute approximate surface area is 148 Å². The number of ether oxygens (including phenoxy) is 2. The van der Waals surface area contributed by atoms with Gasteiger partial charge in [-0.3, -0.25) is 4.79 Å². The van der Waals surface area contributed by atoms with Crippen LogP contribution in [0.2, 0.25) is 0 Å². The second-order valence-corrected chi connectivity index (χ2v) is 5.94. The molecule has 2 rings (SSSR count). The number of hydrogen-bond donors (Lipinski definition) is 1. The zero-order valence-electron chi connectivity index (χ0n) is 15.0. The van der Waals surface area contributed by atoms with Gasteiger partial charge in [-0.1, -0.05) is 24.3 Å². The van der Waals surface area contributed by atoms with E-state index in [2.05, 4.69) is 5.32 Å². The van der Waals surface area contributed by atoms with E-state index in [9.17, 15) is 9.59 Å². The molecule has 0 saturated carbocycles. The molecule has 2 aromatic rings. The highest BCUT2D eigenvalue weighted by molar-refractivity contribution is 5.93. The lowest BCUT2D eigenvalue weighted by Gasteiger charge is -2.12. The van der Waals surface area contributed by atoms with Crippen molar-refractivity contribution in [2.45, 2.75) is 27.7 Å². The third kappa shape index (κ3) is 5.08. The van der Waals surface area contributed by atoms with Gasteiger partial charge >= 0.3 is 5.97 Å². The summed E-state index contributed by atoms with van der Waals surface area (Å²) in [6.07, 6.45) is 0. The topological polar surface area (TPSA) is 64.6 Å². The summed E-state index contributed by atoms with van der Waals surface area (Å²) in [7, 11) is 0. The van der Waals surface area contributed by atoms with E-state index < -0.39 is 5.97 Å². The number of amides is 1. The van der Waals surface area contributed by atoms with Crippen molar-refractivity contribution in [3.05, 3.63) is 58.7 Å². The van der Waals surface area contributed by atoms with Crippen LogP contribution in [0.4, 0.5) is 5.69 Å². The average molecular weight is 341 g/mol. The maximum atomic E-state index is 11.9. The SMILES string of the molecule is Cc1cccc(NC(=O)COC(=O)COc2cccc(C)c2C)c1C. The summed E-state index contributed by atoms with van der Waals surface area (Å²) >= 11 is 0. The number of carbonyl (C=O) groups excluding carboxylic acids is 2. The fourth-order valence-corrected chi connectivity index (χ4v) is 2.28. The van der Waals surface area contributed by atoms with Gasteiger partial charge in [0.2, 0.25) is 0 Å². The summed E-state index contributed by atoms with van der Waals surface area (Å²) in [4.78, 5) is 23.7. The molecule has 132 valence electrons. The molecule has 0 bridgehead atoms. The fraction of sp³-hybridized carbons (Fsp3) is 0.300. The van der Waals surface area contributed by atoms with Gasteiger partial charge in [0.1, 0.15) is 5.75 Å². The maximum absolute atomic E-state index is 11.9. The Morgan fingerprint density at radius 1 is 0.880 bits per heavy atom. The number of carbonyl (C=O) groups is 2. The Morgan fingerprint density at radius 3 is 2.24 bits per heavy atom. The molecule has 0 unspecified atom stereocenters. The van der Waals surface area contributed by atoms with Gasteiger partial charge in [0.05, 0.1) is 0 Å². The molecule has 5 nitrogen and oxygen atoms in total. The van der Waals surface area contributed by atoms with Crippen molar-refractivity contribution in [1.29, 1.82) is 0 Å². The first-order valence-corrected chi connectivity index (χ1v) is 8.09. The molecule has 0 radical (unpaired) electrons. The molecule has 1 N–H and O–H groups in total. The van der Waals surface area contributed by atoms with Crippen LogP contribution in [0, 0.1) is 27.7 Å². The predicted octanol–water partition coefficient (Wildman–Crippen LogP) is 3.48. The van der Waals surface area contributed by atoms with Crippen LogP contribution in [0.25, 0.3) is 0 Å². The molecule has 0 aliphatic carbocycles. The molecule has 1 amide bonds. The second-order valence-electron chi connectivity index (χ2n) is 5.94. The summed E-state index contributed by atoms with van der Waals surface area (Å²) in [5, 5.41) is 2.74. The number of esters is 1. The molecular formula is C20H23NO4. The van der Waals surface area contributed by atoms with E-state index in [1.807, 2.05) is 58.0 Å². The highest BCUT2D eigenvalue weighted by atomic mass is 16.6. The van der Waals surface area contributed by atoms with Crippen LogP contribution >= 0.6 is 0 Å². The maximum Gasteiger partial charge on any atom is 0.344 e. The van der Waals surface area contributed by atoms with E-state index in [1.165, 1.54) is 0 Å². The van der Waals surface area contributed by atoms with Gasteiger partial charge in [-0.15, -0.1) is 0 Å². The van der Waals surface area contributed by atoms with Crippen molar-refractivity contribution in [3.63, 3.8) is 0 Å². The molecule has 0 aliphatic heterocycles. The van der Waals surface area contributed by atoms with Crippen molar-refractivity contribution in [3.8, 4) is 5.75 Å². The zero-order valence-corrected chi connectivity index (χ0v) is 15.0. The normalized spacial score (nSPS) is 10.2. The first kappa shape index (κ1) is 18.5. The molecule has 0 saturated heterocycles. The van der Waals surface area contributed by atoms with Gasteiger partial charge < -0.3 is 14.8 Å². The largest absolute Gasteiger partial charge is 0.482 e. The standard InChI is InChI=1S/C20H23NO4/c1-13-7-5-9-17(15(13)3)21-19(22)11-25-20(23)12-24-18-10-6-8-14(2)16(18)4/h5-10H,11-12H2,1-4H3,(H,21,22). The second kappa shape index (κ2) is 8.33. The smallest absolute Gasteiger partial charge is 0.344 e. The number of anilines is 1. The lowest BCUT2D eigenvalue weighted by atomic mass is 10.1. The molecule has 0 atom stereocenters. The van der Waals surface area contributed by atoms with Gasteiger partial charge in [-0.05, 0) is 62.1 Å². The highest BCUT2D eigenvalue weighted by Gasteiger charge is 2.11. The molecule has 25 heavy (non-hydrogen) atoms. The van der Waals surface area contributed by atoms with Gasteiger partial charge in [0.25, 0.3) is 5.91 Å². The molecule has 0 heterocycles. The minimum atomic E-state index is -0.586. The highest BCUT2D eigenvalue weighted by Crippen LogP contribution is 2.20. The number of hydrogen-bond acceptors (Lipinski definition) is 4. The number of nitrogens with one attached hydrogen (secondary N) is 1. The Morgan fingerprint density at radius 2 is 1.52 bits per heavy atom. The quantitative estimate of drug-likeness (QED) is 0.817. The molecule has 0 aromatic heterocycles. The van der Waals surface area contributed by atoms with Crippen molar-refractivity contribution in [2.24, 2.45) is 0 Å². The minimum absolute atomic E-state index is 0.235. The Kier molecular flexibility index (Phi) is 6.17. The monoisotopic (exact) mass is 341 g/mol. The van der Waals surface area contributed by atoms with Crippen molar-refractivity contribution in [2.75, 3.05) is 18.5 Å². The average Bonchev–Trinajstić information content (AvgIpc) is 2.58. The van der Waals surface area contributed by atoms with Gasteiger partial charge in [0, 0.05) is 5.69 Å². The predicted molar refractivity (Wildman–Crippen MR) is 96.9 cm³/mol. The van der Waals surface area contributed by atoms with Gasteiger partial charge in [0.15, 0.2) is 13.2 Å². The number of benzene rings is 2. The first-order chi connectivity index (χ1) is 11.9. The van der Waals surface area contributed by atoms with E-state index >= 15 is 0 Å². The van der Waals surface area contributed by atoms with Gasteiger partial charge in [-0.2, -0.15) is 0 Å². The van der Waals surface area contributed by atoms with Crippen LogP contribution < -0.4 is 10.1 Å². The molecule has 5 heteroatoms. The summed E-state index contributed by atoms with van der Waals surface area (Å²) in [5.41, 5.74) is 4.84. The Balaban J connectivity index is 1.80. The van der Waals surface area contributed by atoms with Gasteiger partial charge in [-0.25, -0.2) is 4.79 Å². The third-order valence-corrected chi connectivity index (χ3v) is 4.14. The molecule has 0 spiro atoms. The molecule has 0 aliphatic rings. The lowest BCUT2D eigenvalue weighted by molar-refractivity contribution is -0.149. The number of rotatable bonds is 6. The Hall–Kier alpha value is -2.82. The molecular weight excluding hydrogens is 318 g/mol. The van der Waals surface area contributed by atoms with Crippen LogP contribution in [-0.4, -0.2) is 25.1 Å². The summed E-state index contributed by atoms with van der Waals surface area (Å²) in [5.74, 6) is -0.331. The van der Waals surface area contributed by atoms with Crippen LogP contribution in [0.3, 0.4) is 0 Å². The number of aryl methyl sites for hydroxylation is 2. The molecule has 2 aromatic carbocycles. The van der Waals surface area contributed by atoms with E-state index in [1.54, 1.807) is 6.07 Å². The lowest BCUT2D eigenvalue weighted by Crippen LogP contribution is -2.24. The first-order valence-electron chi connectivity index (χ1n) is 8.09. The van der Waals surface area contributed by atoms with Crippen molar-refractivity contribution >= 4 is 17.6 Å². The van der Waals surface area contributed by atoms with Crippen LogP contribution in [0.15, 0.2) is 36.4 Å². The minimum Gasteiger partial charge on any atom is -0.482 e. The third-order valence-electron chi connectivity index (χ3n) is 4.14. The summed E-state index contributed by atoms with van der Waals surface area (Å²) in [6, 6.07) is 11.3. The van der Waals surface area contributed by atoms with E-state index in [4.69, 9.17) is 9.47 Å². The van der Waals surface area contributed by atoms with E-state index in [0.717, 1.165) is 22.3 Å². The zero-order chi connectivity index (χ0) is 18.4. The summed E-state index contributed by atoms with van der Waals surface area (Å²) in [6.45, 7) is 7.21. The Bertz CT molecular complexity index is 783. The fourth-order valence-electron chi connectivity index (χ4n) is 2.28.